The van der Waals surface area contributed by atoms with Crippen LogP contribution in [0.2, 0.25) is 0 Å². The van der Waals surface area contributed by atoms with Crippen LogP contribution in [-0.2, 0) is 0 Å². The van der Waals surface area contributed by atoms with Crippen molar-refractivity contribution in [3.63, 3.8) is 0 Å². The number of hydrogen-bond acceptors (Lipinski definition) is 4. The molecule has 0 N–H and O–H groups in total. The van der Waals surface area contributed by atoms with Crippen molar-refractivity contribution in [1.29, 1.82) is 0 Å². The standard InChI is InChI=1S/C11H12O4/c1-4-15-11-9(13-2)5-8(7-12)6-10(11)14-3/h4-7H,1H2,2-3H3. The summed E-state index contributed by atoms with van der Waals surface area (Å²) in [5.74, 6) is 1.26. The Kier molecular flexibility index (Phi) is 3.74. The van der Waals surface area contributed by atoms with Gasteiger partial charge in [-0.1, -0.05) is 6.58 Å². The van der Waals surface area contributed by atoms with Gasteiger partial charge in [-0.05, 0) is 12.1 Å². The first-order valence-corrected chi connectivity index (χ1v) is 4.25. The van der Waals surface area contributed by atoms with Gasteiger partial charge in [0.15, 0.2) is 11.5 Å². The van der Waals surface area contributed by atoms with Gasteiger partial charge in [0.25, 0.3) is 0 Å². The summed E-state index contributed by atoms with van der Waals surface area (Å²) in [7, 11) is 2.97. The summed E-state index contributed by atoms with van der Waals surface area (Å²) in [5.41, 5.74) is 0.458. The van der Waals surface area contributed by atoms with Crippen LogP contribution in [0.3, 0.4) is 0 Å². The highest BCUT2D eigenvalue weighted by Gasteiger charge is 2.12. The minimum absolute atomic E-state index is 0.403. The van der Waals surface area contributed by atoms with E-state index in [9.17, 15) is 4.79 Å². The van der Waals surface area contributed by atoms with E-state index >= 15 is 0 Å². The molecule has 0 aliphatic rings. The van der Waals surface area contributed by atoms with Crippen molar-refractivity contribution in [2.45, 2.75) is 0 Å². The number of hydrogen-bond donors (Lipinski definition) is 0. The normalized spacial score (nSPS) is 9.20. The molecule has 0 unspecified atom stereocenters. The van der Waals surface area contributed by atoms with Crippen LogP contribution in [0.15, 0.2) is 25.0 Å². The predicted molar refractivity (Wildman–Crippen MR) is 55.8 cm³/mol. The Balaban J connectivity index is 3.31. The Bertz CT molecular complexity index is 346. The predicted octanol–water partition coefficient (Wildman–Crippen LogP) is 2.04. The summed E-state index contributed by atoms with van der Waals surface area (Å²) in [4.78, 5) is 10.6. The van der Waals surface area contributed by atoms with Crippen molar-refractivity contribution in [3.8, 4) is 17.2 Å². The number of methoxy groups -OCH3 is 2. The van der Waals surface area contributed by atoms with E-state index in [0.717, 1.165) is 0 Å². The zero-order chi connectivity index (χ0) is 11.3. The highest BCUT2D eigenvalue weighted by molar-refractivity contribution is 5.78. The average Bonchev–Trinajstić information content (AvgIpc) is 2.29. The molecule has 1 aromatic rings. The second-order valence-electron chi connectivity index (χ2n) is 2.66. The first-order chi connectivity index (χ1) is 7.26. The summed E-state index contributed by atoms with van der Waals surface area (Å²) in [6, 6.07) is 3.13. The Morgan fingerprint density at radius 3 is 2.07 bits per heavy atom. The van der Waals surface area contributed by atoms with Crippen molar-refractivity contribution < 1.29 is 19.0 Å². The second kappa shape index (κ2) is 5.05. The molecule has 4 heteroatoms. The molecule has 0 amide bonds. The highest BCUT2D eigenvalue weighted by Crippen LogP contribution is 2.38. The van der Waals surface area contributed by atoms with E-state index in [-0.39, 0.29) is 0 Å². The van der Waals surface area contributed by atoms with Crippen molar-refractivity contribution in [2.24, 2.45) is 0 Å². The molecule has 0 atom stereocenters. The van der Waals surface area contributed by atoms with Gasteiger partial charge in [-0.15, -0.1) is 0 Å². The maximum absolute atomic E-state index is 10.6. The van der Waals surface area contributed by atoms with Crippen molar-refractivity contribution in [3.05, 3.63) is 30.5 Å². The fourth-order valence-corrected chi connectivity index (χ4v) is 1.17. The zero-order valence-corrected chi connectivity index (χ0v) is 8.65. The average molecular weight is 208 g/mol. The monoisotopic (exact) mass is 208 g/mol. The smallest absolute Gasteiger partial charge is 0.210 e. The summed E-state index contributed by atoms with van der Waals surface area (Å²) in [6.07, 6.45) is 1.98. The topological polar surface area (TPSA) is 44.8 Å². The molecule has 0 bridgehead atoms. The van der Waals surface area contributed by atoms with Gasteiger partial charge in [0.2, 0.25) is 5.75 Å². The summed E-state index contributed by atoms with van der Waals surface area (Å²) in [5, 5.41) is 0. The summed E-state index contributed by atoms with van der Waals surface area (Å²) < 4.78 is 15.3. The van der Waals surface area contributed by atoms with Crippen LogP contribution in [0.25, 0.3) is 0 Å². The maximum atomic E-state index is 10.6. The lowest BCUT2D eigenvalue weighted by molar-refractivity contribution is 0.112. The van der Waals surface area contributed by atoms with Gasteiger partial charge in [0.1, 0.15) is 6.29 Å². The van der Waals surface area contributed by atoms with Crippen LogP contribution >= 0.6 is 0 Å². The van der Waals surface area contributed by atoms with E-state index in [1.165, 1.54) is 20.5 Å². The van der Waals surface area contributed by atoms with Crippen LogP contribution in [0.5, 0.6) is 17.2 Å². The minimum atomic E-state index is 0.403. The molecule has 1 rings (SSSR count). The minimum Gasteiger partial charge on any atom is -0.493 e. The molecule has 1 aromatic carbocycles. The molecule has 0 aromatic heterocycles. The van der Waals surface area contributed by atoms with Gasteiger partial charge in [0.05, 0.1) is 20.5 Å². The number of rotatable bonds is 5. The number of ether oxygens (including phenoxy) is 3. The van der Waals surface area contributed by atoms with E-state index in [4.69, 9.17) is 14.2 Å². The van der Waals surface area contributed by atoms with Crippen LogP contribution in [-0.4, -0.2) is 20.5 Å². The van der Waals surface area contributed by atoms with Crippen molar-refractivity contribution in [1.82, 2.24) is 0 Å². The molecular formula is C11H12O4. The van der Waals surface area contributed by atoms with Crippen molar-refractivity contribution in [2.75, 3.05) is 14.2 Å². The quantitative estimate of drug-likeness (QED) is 0.548. The highest BCUT2D eigenvalue weighted by atomic mass is 16.5. The van der Waals surface area contributed by atoms with E-state index in [0.29, 0.717) is 29.1 Å². The fourth-order valence-electron chi connectivity index (χ4n) is 1.17. The van der Waals surface area contributed by atoms with Crippen LogP contribution in [0.4, 0.5) is 0 Å². The van der Waals surface area contributed by atoms with Gasteiger partial charge in [-0.2, -0.15) is 0 Å². The molecule has 4 nitrogen and oxygen atoms in total. The lowest BCUT2D eigenvalue weighted by Crippen LogP contribution is -1.95. The molecular weight excluding hydrogens is 196 g/mol. The lowest BCUT2D eigenvalue weighted by atomic mass is 10.2. The fraction of sp³-hybridized carbons (Fsp3) is 0.182. The van der Waals surface area contributed by atoms with Crippen LogP contribution in [0, 0.1) is 0 Å². The van der Waals surface area contributed by atoms with Crippen molar-refractivity contribution >= 4 is 6.29 Å². The molecule has 0 aliphatic heterocycles. The zero-order valence-electron chi connectivity index (χ0n) is 8.65. The SMILES string of the molecule is C=COc1c(OC)cc(C=O)cc1OC. The Morgan fingerprint density at radius 1 is 1.20 bits per heavy atom. The third-order valence-corrected chi connectivity index (χ3v) is 1.82. The Labute approximate surface area is 88.1 Å². The van der Waals surface area contributed by atoms with Gasteiger partial charge in [-0.25, -0.2) is 0 Å². The van der Waals surface area contributed by atoms with E-state index < -0.39 is 0 Å². The Hall–Kier alpha value is -1.97. The third-order valence-electron chi connectivity index (χ3n) is 1.82. The molecule has 0 saturated carbocycles. The van der Waals surface area contributed by atoms with Crippen LogP contribution < -0.4 is 14.2 Å². The molecule has 0 aliphatic carbocycles. The van der Waals surface area contributed by atoms with E-state index in [2.05, 4.69) is 6.58 Å². The molecule has 0 radical (unpaired) electrons. The lowest BCUT2D eigenvalue weighted by Gasteiger charge is -2.12. The number of benzene rings is 1. The van der Waals surface area contributed by atoms with E-state index in [1.807, 2.05) is 0 Å². The Morgan fingerprint density at radius 2 is 1.73 bits per heavy atom. The van der Waals surface area contributed by atoms with Gasteiger partial charge in [0, 0.05) is 5.56 Å². The summed E-state index contributed by atoms with van der Waals surface area (Å²) in [6.45, 7) is 3.45. The van der Waals surface area contributed by atoms with Gasteiger partial charge < -0.3 is 14.2 Å². The molecule has 0 spiro atoms. The first kappa shape index (κ1) is 11.1. The number of aldehydes is 1. The maximum Gasteiger partial charge on any atom is 0.210 e. The first-order valence-electron chi connectivity index (χ1n) is 4.25. The van der Waals surface area contributed by atoms with Crippen LogP contribution in [0.1, 0.15) is 10.4 Å². The number of carbonyl (C=O) groups is 1. The van der Waals surface area contributed by atoms with Gasteiger partial charge >= 0.3 is 0 Å². The molecule has 0 heterocycles. The molecule has 0 fully saturated rings. The molecule has 80 valence electrons. The van der Waals surface area contributed by atoms with Gasteiger partial charge in [-0.3, -0.25) is 4.79 Å². The number of carbonyl (C=O) groups excluding carboxylic acids is 1. The van der Waals surface area contributed by atoms with E-state index in [1.54, 1.807) is 12.1 Å². The third kappa shape index (κ3) is 2.28. The molecule has 15 heavy (non-hydrogen) atoms. The second-order valence-corrected chi connectivity index (χ2v) is 2.66. The largest absolute Gasteiger partial charge is 0.493 e. The molecule has 0 saturated heterocycles. The summed E-state index contributed by atoms with van der Waals surface area (Å²) >= 11 is 0.